The van der Waals surface area contributed by atoms with E-state index >= 15 is 0 Å². The van der Waals surface area contributed by atoms with E-state index < -0.39 is 9.84 Å². The van der Waals surface area contributed by atoms with Crippen LogP contribution >= 0.6 is 0 Å². The van der Waals surface area contributed by atoms with Crippen molar-refractivity contribution >= 4 is 20.7 Å². The topological polar surface area (TPSA) is 54.4 Å². The van der Waals surface area contributed by atoms with Gasteiger partial charge in [0.2, 0.25) is 0 Å². The van der Waals surface area contributed by atoms with Crippen molar-refractivity contribution in [2.24, 2.45) is 0 Å². The van der Waals surface area contributed by atoms with Gasteiger partial charge in [-0.2, -0.15) is 0 Å². The van der Waals surface area contributed by atoms with Crippen molar-refractivity contribution in [1.82, 2.24) is 4.98 Å². The third-order valence-electron chi connectivity index (χ3n) is 5.88. The molecule has 5 heteroatoms. The van der Waals surface area contributed by atoms with E-state index in [0.29, 0.717) is 17.4 Å². The molecule has 1 aliphatic heterocycles. The van der Waals surface area contributed by atoms with Crippen molar-refractivity contribution in [1.29, 1.82) is 0 Å². The van der Waals surface area contributed by atoms with E-state index in [1.165, 1.54) is 30.3 Å². The van der Waals surface area contributed by atoms with Gasteiger partial charge in [-0.25, -0.2) is 8.42 Å². The fourth-order valence-electron chi connectivity index (χ4n) is 4.17. The van der Waals surface area contributed by atoms with Crippen LogP contribution in [0.25, 0.3) is 10.9 Å². The standard InChI is InChI=1S/C22H26N2O2S/c1-24-12-5-6-19(24)15-18-16-23-22-10-9-17(14-21(18)22)11-13-27(25,26)20-7-3-2-4-8-20/h2-4,7-10,14,16,19,23H,5-6,11-13,15H2,1H3/p+1/t19-/m1/s1. The minimum Gasteiger partial charge on any atom is -0.361 e. The summed E-state index contributed by atoms with van der Waals surface area (Å²) in [4.78, 5) is 5.40. The molecule has 1 aromatic heterocycles. The lowest BCUT2D eigenvalue weighted by atomic mass is 10.0. The van der Waals surface area contributed by atoms with Gasteiger partial charge in [-0.3, -0.25) is 0 Å². The van der Waals surface area contributed by atoms with Gasteiger partial charge in [-0.1, -0.05) is 24.3 Å². The van der Waals surface area contributed by atoms with E-state index in [2.05, 4.69) is 30.4 Å². The molecule has 2 atom stereocenters. The second kappa shape index (κ2) is 7.49. The predicted octanol–water partition coefficient (Wildman–Crippen LogP) is 2.40. The van der Waals surface area contributed by atoms with E-state index in [4.69, 9.17) is 0 Å². The Labute approximate surface area is 161 Å². The second-order valence-corrected chi connectivity index (χ2v) is 9.82. The van der Waals surface area contributed by atoms with Crippen LogP contribution in [-0.2, 0) is 22.7 Å². The maximum atomic E-state index is 12.5. The average Bonchev–Trinajstić information content (AvgIpc) is 3.27. The van der Waals surface area contributed by atoms with Crippen molar-refractivity contribution in [3.63, 3.8) is 0 Å². The number of aromatic nitrogens is 1. The Kier molecular flexibility index (Phi) is 5.06. The SMILES string of the molecule is C[NH+]1CCC[C@@H]1Cc1c[nH]c2ccc(CCS(=O)(=O)c3ccccc3)cc12. The van der Waals surface area contributed by atoms with E-state index in [-0.39, 0.29) is 5.75 Å². The molecule has 1 unspecified atom stereocenters. The molecule has 0 spiro atoms. The van der Waals surface area contributed by atoms with Crippen LogP contribution in [0, 0.1) is 0 Å². The summed E-state index contributed by atoms with van der Waals surface area (Å²) in [6.07, 6.45) is 6.33. The van der Waals surface area contributed by atoms with Gasteiger partial charge in [-0.05, 0) is 41.8 Å². The lowest BCUT2D eigenvalue weighted by molar-refractivity contribution is -0.891. The maximum absolute atomic E-state index is 12.5. The summed E-state index contributed by atoms with van der Waals surface area (Å²) in [7, 11) is -0.961. The van der Waals surface area contributed by atoms with Crippen LogP contribution in [0.15, 0.2) is 59.6 Å². The minimum absolute atomic E-state index is 0.137. The Hall–Kier alpha value is -2.11. The average molecular weight is 384 g/mol. The largest absolute Gasteiger partial charge is 0.361 e. The number of likely N-dealkylation sites (tertiary alicyclic amines) is 1. The number of hydrogen-bond acceptors (Lipinski definition) is 2. The van der Waals surface area contributed by atoms with E-state index in [1.54, 1.807) is 29.2 Å². The van der Waals surface area contributed by atoms with Crippen molar-refractivity contribution < 1.29 is 13.3 Å². The van der Waals surface area contributed by atoms with Crippen LogP contribution in [0.4, 0.5) is 0 Å². The van der Waals surface area contributed by atoms with E-state index in [0.717, 1.165) is 17.5 Å². The molecule has 142 valence electrons. The zero-order chi connectivity index (χ0) is 18.9. The molecule has 4 nitrogen and oxygen atoms in total. The lowest BCUT2D eigenvalue weighted by Gasteiger charge is -2.16. The smallest absolute Gasteiger partial charge is 0.178 e. The molecule has 1 fully saturated rings. The number of aryl methyl sites for hydroxylation is 1. The normalized spacial score (nSPS) is 20.3. The Morgan fingerprint density at radius 3 is 2.70 bits per heavy atom. The summed E-state index contributed by atoms with van der Waals surface area (Å²) in [6, 6.07) is 15.7. The highest BCUT2D eigenvalue weighted by Crippen LogP contribution is 2.23. The molecular formula is C22H27N2O2S+. The fourth-order valence-corrected chi connectivity index (χ4v) is 5.48. The van der Waals surface area contributed by atoms with Crippen LogP contribution in [0.2, 0.25) is 0 Å². The maximum Gasteiger partial charge on any atom is 0.178 e. The van der Waals surface area contributed by atoms with Crippen LogP contribution < -0.4 is 4.90 Å². The Bertz CT molecular complexity index is 1020. The third kappa shape index (κ3) is 3.94. The molecule has 0 radical (unpaired) electrons. The zero-order valence-electron chi connectivity index (χ0n) is 15.7. The number of fused-ring (bicyclic) bond motifs is 1. The first-order chi connectivity index (χ1) is 13.0. The van der Waals surface area contributed by atoms with Crippen LogP contribution in [0.5, 0.6) is 0 Å². The number of rotatable bonds is 6. The molecule has 0 bridgehead atoms. The molecule has 4 rings (SSSR count). The number of aromatic amines is 1. The van der Waals surface area contributed by atoms with Crippen molar-refractivity contribution in [3.05, 3.63) is 65.9 Å². The molecular weight excluding hydrogens is 356 g/mol. The summed E-state index contributed by atoms with van der Waals surface area (Å²) in [5.74, 6) is 0.137. The Balaban J connectivity index is 1.52. The number of likely N-dealkylation sites (N-methyl/N-ethyl adjacent to an activating group) is 1. The van der Waals surface area contributed by atoms with Crippen LogP contribution in [0.3, 0.4) is 0 Å². The summed E-state index contributed by atoms with van der Waals surface area (Å²) < 4.78 is 25.1. The Morgan fingerprint density at radius 2 is 1.96 bits per heavy atom. The first-order valence-corrected chi connectivity index (χ1v) is 11.4. The number of benzene rings is 2. The summed E-state index contributed by atoms with van der Waals surface area (Å²) in [5, 5.41) is 1.24. The van der Waals surface area contributed by atoms with Crippen LogP contribution in [0.1, 0.15) is 24.0 Å². The molecule has 0 aliphatic carbocycles. The van der Waals surface area contributed by atoms with Gasteiger partial charge >= 0.3 is 0 Å². The molecule has 2 heterocycles. The number of hydrogen-bond donors (Lipinski definition) is 2. The number of sulfone groups is 1. The fraction of sp³-hybridized carbons (Fsp3) is 0.364. The van der Waals surface area contributed by atoms with Crippen LogP contribution in [-0.4, -0.2) is 38.8 Å². The van der Waals surface area contributed by atoms with Crippen molar-refractivity contribution in [3.8, 4) is 0 Å². The van der Waals surface area contributed by atoms with Gasteiger partial charge < -0.3 is 9.88 Å². The molecule has 3 aromatic rings. The van der Waals surface area contributed by atoms with E-state index in [1.807, 2.05) is 12.1 Å². The van der Waals surface area contributed by atoms with E-state index in [9.17, 15) is 8.42 Å². The number of nitrogens with one attached hydrogen (secondary N) is 2. The molecule has 0 amide bonds. The molecule has 2 N–H and O–H groups in total. The Morgan fingerprint density at radius 1 is 1.15 bits per heavy atom. The highest BCUT2D eigenvalue weighted by molar-refractivity contribution is 7.91. The van der Waals surface area contributed by atoms with Crippen molar-refractivity contribution in [2.45, 2.75) is 36.6 Å². The summed E-state index contributed by atoms with van der Waals surface area (Å²) >= 11 is 0. The molecule has 0 saturated carbocycles. The monoisotopic (exact) mass is 383 g/mol. The van der Waals surface area contributed by atoms with Gasteiger partial charge in [0.15, 0.2) is 9.84 Å². The quantitative estimate of drug-likeness (QED) is 0.687. The minimum atomic E-state index is -3.25. The van der Waals surface area contributed by atoms with Gasteiger partial charge in [0, 0.05) is 36.4 Å². The molecule has 27 heavy (non-hydrogen) atoms. The first-order valence-electron chi connectivity index (χ1n) is 9.72. The van der Waals surface area contributed by atoms with Gasteiger partial charge in [0.1, 0.15) is 0 Å². The second-order valence-electron chi connectivity index (χ2n) is 7.72. The molecule has 2 aromatic carbocycles. The number of quaternary nitrogens is 1. The van der Waals surface area contributed by atoms with Gasteiger partial charge in [0.25, 0.3) is 0 Å². The lowest BCUT2D eigenvalue weighted by Crippen LogP contribution is -3.10. The highest BCUT2D eigenvalue weighted by Gasteiger charge is 2.26. The molecule has 1 saturated heterocycles. The zero-order valence-corrected chi connectivity index (χ0v) is 16.6. The van der Waals surface area contributed by atoms with Crippen molar-refractivity contribution in [2.75, 3.05) is 19.3 Å². The highest BCUT2D eigenvalue weighted by atomic mass is 32.2. The van der Waals surface area contributed by atoms with Gasteiger partial charge in [0.05, 0.1) is 30.3 Å². The number of H-pyrrole nitrogens is 1. The predicted molar refractivity (Wildman–Crippen MR) is 109 cm³/mol. The summed E-state index contributed by atoms with van der Waals surface area (Å²) in [6.45, 7) is 1.26. The summed E-state index contributed by atoms with van der Waals surface area (Å²) in [5.41, 5.74) is 3.56. The first kappa shape index (κ1) is 18.3. The molecule has 1 aliphatic rings. The third-order valence-corrected chi connectivity index (χ3v) is 7.61. The van der Waals surface area contributed by atoms with Gasteiger partial charge in [-0.15, -0.1) is 0 Å².